The number of aromatic nitrogens is 4. The molecule has 14 heavy (non-hydrogen) atoms. The molecule has 0 saturated heterocycles. The summed E-state index contributed by atoms with van der Waals surface area (Å²) in [4.78, 5) is 8.09. The third-order valence-corrected chi connectivity index (χ3v) is 1.67. The average Bonchev–Trinajstić information content (AvgIpc) is 2.65. The molecule has 0 amide bonds. The highest BCUT2D eigenvalue weighted by atomic mass is 16.5. The van der Waals surface area contributed by atoms with Crippen molar-refractivity contribution in [2.24, 2.45) is 0 Å². The predicted octanol–water partition coefficient (Wildman–Crippen LogP) is 0.253. The van der Waals surface area contributed by atoms with E-state index in [0.29, 0.717) is 17.5 Å². The average molecular weight is 191 g/mol. The van der Waals surface area contributed by atoms with E-state index in [4.69, 9.17) is 10.5 Å². The van der Waals surface area contributed by atoms with Crippen LogP contribution >= 0.6 is 0 Å². The maximum atomic E-state index is 5.49. The minimum absolute atomic E-state index is 0.413. The van der Waals surface area contributed by atoms with Crippen molar-refractivity contribution in [2.45, 2.75) is 0 Å². The zero-order valence-electron chi connectivity index (χ0n) is 7.58. The van der Waals surface area contributed by atoms with Crippen molar-refractivity contribution in [3.63, 3.8) is 0 Å². The molecule has 2 rings (SSSR count). The molecular weight excluding hydrogens is 182 g/mol. The topological polar surface area (TPSA) is 78.9 Å². The van der Waals surface area contributed by atoms with Crippen LogP contribution in [-0.2, 0) is 0 Å². The van der Waals surface area contributed by atoms with Gasteiger partial charge in [0, 0.05) is 24.7 Å². The van der Waals surface area contributed by atoms with Crippen LogP contribution in [-0.4, -0.2) is 26.9 Å². The summed E-state index contributed by atoms with van der Waals surface area (Å²) < 4.78 is 6.55. The molecule has 0 spiro atoms. The fourth-order valence-electron chi connectivity index (χ4n) is 1.08. The molecule has 72 valence electrons. The van der Waals surface area contributed by atoms with E-state index in [2.05, 4.69) is 15.1 Å². The SMILES string of the molecule is COc1nccnc1-n1ccc(N)n1. The van der Waals surface area contributed by atoms with E-state index >= 15 is 0 Å². The van der Waals surface area contributed by atoms with Crippen LogP contribution < -0.4 is 10.5 Å². The number of rotatable bonds is 2. The molecule has 2 heterocycles. The van der Waals surface area contributed by atoms with Gasteiger partial charge in [-0.2, -0.15) is 0 Å². The van der Waals surface area contributed by atoms with Gasteiger partial charge in [-0.05, 0) is 0 Å². The first-order chi connectivity index (χ1) is 6.81. The summed E-state index contributed by atoms with van der Waals surface area (Å²) in [6.45, 7) is 0. The zero-order chi connectivity index (χ0) is 9.97. The van der Waals surface area contributed by atoms with E-state index < -0.39 is 0 Å². The molecule has 6 heteroatoms. The van der Waals surface area contributed by atoms with Gasteiger partial charge < -0.3 is 10.5 Å². The smallest absolute Gasteiger partial charge is 0.259 e. The van der Waals surface area contributed by atoms with E-state index in [1.165, 1.54) is 11.8 Å². The van der Waals surface area contributed by atoms with Crippen LogP contribution in [0.4, 0.5) is 5.82 Å². The van der Waals surface area contributed by atoms with Crippen LogP contribution in [0, 0.1) is 0 Å². The summed E-state index contributed by atoms with van der Waals surface area (Å²) in [6, 6.07) is 1.67. The minimum atomic E-state index is 0.413. The number of hydrogen-bond acceptors (Lipinski definition) is 5. The number of methoxy groups -OCH3 is 1. The van der Waals surface area contributed by atoms with Gasteiger partial charge in [0.2, 0.25) is 5.82 Å². The second-order valence-electron chi connectivity index (χ2n) is 2.57. The molecular formula is C8H9N5O. The quantitative estimate of drug-likeness (QED) is 0.736. The van der Waals surface area contributed by atoms with Gasteiger partial charge in [0.15, 0.2) is 0 Å². The fourth-order valence-corrected chi connectivity index (χ4v) is 1.08. The van der Waals surface area contributed by atoms with Gasteiger partial charge >= 0.3 is 0 Å². The Labute approximate surface area is 80.4 Å². The molecule has 0 fully saturated rings. The molecule has 0 bridgehead atoms. The van der Waals surface area contributed by atoms with Crippen molar-refractivity contribution < 1.29 is 4.74 Å². The van der Waals surface area contributed by atoms with Crippen LogP contribution in [0.2, 0.25) is 0 Å². The molecule has 0 aliphatic rings. The number of nitrogen functional groups attached to an aromatic ring is 1. The zero-order valence-corrected chi connectivity index (χ0v) is 7.58. The maximum absolute atomic E-state index is 5.49. The lowest BCUT2D eigenvalue weighted by Crippen LogP contribution is -2.03. The molecule has 2 N–H and O–H groups in total. The molecule has 2 aromatic heterocycles. The van der Waals surface area contributed by atoms with Crippen LogP contribution in [0.3, 0.4) is 0 Å². The highest BCUT2D eigenvalue weighted by Gasteiger charge is 2.07. The minimum Gasteiger partial charge on any atom is -0.478 e. The summed E-state index contributed by atoms with van der Waals surface area (Å²) in [5.74, 6) is 1.36. The van der Waals surface area contributed by atoms with Crippen LogP contribution in [0.5, 0.6) is 5.88 Å². The molecule has 0 saturated carbocycles. The largest absolute Gasteiger partial charge is 0.478 e. The maximum Gasteiger partial charge on any atom is 0.259 e. The van der Waals surface area contributed by atoms with E-state index in [9.17, 15) is 0 Å². The van der Waals surface area contributed by atoms with E-state index in [0.717, 1.165) is 0 Å². The van der Waals surface area contributed by atoms with Gasteiger partial charge in [-0.1, -0.05) is 0 Å². The first-order valence-corrected chi connectivity index (χ1v) is 3.98. The first-order valence-electron chi connectivity index (χ1n) is 3.98. The monoisotopic (exact) mass is 191 g/mol. The summed E-state index contributed by atoms with van der Waals surface area (Å²) in [5, 5.41) is 4.00. The fraction of sp³-hybridized carbons (Fsp3) is 0.125. The van der Waals surface area contributed by atoms with Crippen molar-refractivity contribution in [1.82, 2.24) is 19.7 Å². The molecule has 0 aliphatic carbocycles. The molecule has 6 nitrogen and oxygen atoms in total. The molecule has 0 unspecified atom stereocenters. The number of nitrogens with two attached hydrogens (primary N) is 1. The molecule has 0 aliphatic heterocycles. The first kappa shape index (κ1) is 8.49. The van der Waals surface area contributed by atoms with Gasteiger partial charge in [-0.3, -0.25) is 0 Å². The lowest BCUT2D eigenvalue weighted by atomic mass is 10.6. The Morgan fingerprint density at radius 1 is 1.36 bits per heavy atom. The lowest BCUT2D eigenvalue weighted by Gasteiger charge is -2.04. The molecule has 2 aromatic rings. The Hall–Kier alpha value is -2.11. The number of anilines is 1. The van der Waals surface area contributed by atoms with E-state index in [1.54, 1.807) is 24.7 Å². The number of nitrogens with zero attached hydrogens (tertiary/aromatic N) is 4. The summed E-state index contributed by atoms with van der Waals surface area (Å²) >= 11 is 0. The molecule has 0 radical (unpaired) electrons. The van der Waals surface area contributed by atoms with Crippen molar-refractivity contribution in [3.05, 3.63) is 24.7 Å². The van der Waals surface area contributed by atoms with Gasteiger partial charge in [0.05, 0.1) is 7.11 Å². The Kier molecular flexibility index (Phi) is 2.02. The van der Waals surface area contributed by atoms with Crippen molar-refractivity contribution in [1.29, 1.82) is 0 Å². The Morgan fingerprint density at radius 3 is 2.79 bits per heavy atom. The van der Waals surface area contributed by atoms with Crippen molar-refractivity contribution in [3.8, 4) is 11.7 Å². The third-order valence-electron chi connectivity index (χ3n) is 1.67. The summed E-state index contributed by atoms with van der Waals surface area (Å²) in [5.41, 5.74) is 5.49. The highest BCUT2D eigenvalue weighted by Crippen LogP contribution is 2.15. The summed E-state index contributed by atoms with van der Waals surface area (Å²) in [7, 11) is 1.53. The lowest BCUT2D eigenvalue weighted by molar-refractivity contribution is 0.392. The van der Waals surface area contributed by atoms with E-state index in [1.807, 2.05) is 0 Å². The van der Waals surface area contributed by atoms with Crippen LogP contribution in [0.25, 0.3) is 5.82 Å². The second-order valence-corrected chi connectivity index (χ2v) is 2.57. The normalized spacial score (nSPS) is 10.1. The van der Waals surface area contributed by atoms with Crippen LogP contribution in [0.1, 0.15) is 0 Å². The van der Waals surface area contributed by atoms with E-state index in [-0.39, 0.29) is 0 Å². The molecule has 0 atom stereocenters. The predicted molar refractivity (Wildman–Crippen MR) is 50.1 cm³/mol. The summed E-state index contributed by atoms with van der Waals surface area (Å²) in [6.07, 6.45) is 4.81. The second kappa shape index (κ2) is 3.33. The van der Waals surface area contributed by atoms with Gasteiger partial charge in [-0.15, -0.1) is 5.10 Å². The third kappa shape index (κ3) is 1.37. The Bertz CT molecular complexity index is 439. The molecule has 0 aromatic carbocycles. The van der Waals surface area contributed by atoms with Gasteiger partial charge in [0.1, 0.15) is 5.82 Å². The Morgan fingerprint density at radius 2 is 2.14 bits per heavy atom. The Balaban J connectivity index is 2.50. The van der Waals surface area contributed by atoms with Crippen LogP contribution in [0.15, 0.2) is 24.7 Å². The highest BCUT2D eigenvalue weighted by molar-refractivity contribution is 5.35. The van der Waals surface area contributed by atoms with Crippen molar-refractivity contribution in [2.75, 3.05) is 12.8 Å². The van der Waals surface area contributed by atoms with Gasteiger partial charge in [0.25, 0.3) is 5.88 Å². The number of ether oxygens (including phenoxy) is 1. The van der Waals surface area contributed by atoms with Crippen molar-refractivity contribution >= 4 is 5.82 Å². The van der Waals surface area contributed by atoms with Gasteiger partial charge in [-0.25, -0.2) is 14.6 Å². The number of hydrogen-bond donors (Lipinski definition) is 1. The standard InChI is InChI=1S/C8H9N5O/c1-14-8-7(10-3-4-11-8)13-5-2-6(9)12-13/h2-5H,1H3,(H2,9,12).